The molecule has 0 N–H and O–H groups in total. The third-order valence-electron chi connectivity index (χ3n) is 0.686. The number of furan rings is 1. The first-order valence-electron chi connectivity index (χ1n) is 2.32. The minimum Gasteiger partial charge on any atom is -0.409 e. The summed E-state index contributed by atoms with van der Waals surface area (Å²) in [6, 6.07) is 2.76. The fraction of sp³-hybridized carbons (Fsp3) is 0. The van der Waals surface area contributed by atoms with Crippen molar-refractivity contribution in [2.24, 2.45) is 0 Å². The third-order valence-corrected chi connectivity index (χ3v) is 0.686. The van der Waals surface area contributed by atoms with Crippen molar-refractivity contribution in [3.05, 3.63) is 28.5 Å². The molecule has 0 saturated carbocycles. The third kappa shape index (κ3) is 3.98. The second-order valence-electron chi connectivity index (χ2n) is 1.28. The number of rotatable bonds is 1. The van der Waals surface area contributed by atoms with E-state index in [2.05, 4.69) is 4.42 Å². The van der Waals surface area contributed by atoms with E-state index in [1.165, 1.54) is 18.4 Å². The van der Waals surface area contributed by atoms with E-state index in [0.29, 0.717) is 0 Å². The van der Waals surface area contributed by atoms with Crippen LogP contribution in [0.15, 0.2) is 22.8 Å². The van der Waals surface area contributed by atoms with E-state index < -0.39 is 16.5 Å². The van der Waals surface area contributed by atoms with E-state index in [1.807, 2.05) is 0 Å². The molecule has 0 aromatic carbocycles. The van der Waals surface area contributed by atoms with Crippen molar-refractivity contribution in [2.45, 2.75) is 0 Å². The Hall–Kier alpha value is -1.50. The fourth-order valence-corrected chi connectivity index (χ4v) is 0.374. The van der Waals surface area contributed by atoms with Crippen LogP contribution >= 0.6 is 0 Å². The lowest BCUT2D eigenvalue weighted by Gasteiger charge is -1.76. The Labute approximate surface area is 64.6 Å². The van der Waals surface area contributed by atoms with Crippen molar-refractivity contribution in [1.82, 2.24) is 0 Å². The van der Waals surface area contributed by atoms with Gasteiger partial charge in [0.15, 0.2) is 0 Å². The molecule has 0 atom stereocenters. The topological polar surface area (TPSA) is 90.4 Å². The van der Waals surface area contributed by atoms with Gasteiger partial charge in [-0.05, 0) is 6.07 Å². The molecule has 0 aliphatic rings. The summed E-state index contributed by atoms with van der Waals surface area (Å²) in [5.41, 5.74) is 0. The molecular weight excluding hydrogens is 174 g/mol. The van der Waals surface area contributed by atoms with E-state index >= 15 is 0 Å². The molecule has 1 aromatic heterocycles. The van der Waals surface area contributed by atoms with Crippen LogP contribution < -0.4 is 0 Å². The van der Waals surface area contributed by atoms with Gasteiger partial charge in [0.25, 0.3) is 0 Å². The zero-order valence-electron chi connectivity index (χ0n) is 5.13. The second kappa shape index (κ2) is 5.30. The van der Waals surface area contributed by atoms with E-state index in [4.69, 9.17) is 8.42 Å². The maximum atomic E-state index is 9.77. The van der Waals surface area contributed by atoms with Crippen LogP contribution in [0.3, 0.4) is 0 Å². The van der Waals surface area contributed by atoms with Crippen LogP contribution in [-0.2, 0) is 11.6 Å². The largest absolute Gasteiger partial charge is 0.432 e. The molecule has 7 heteroatoms. The Morgan fingerprint density at radius 3 is 2.27 bits per heavy atom. The van der Waals surface area contributed by atoms with Crippen LogP contribution in [0.4, 0.5) is 5.88 Å². The van der Waals surface area contributed by atoms with Crippen molar-refractivity contribution in [2.75, 3.05) is 0 Å². The molecule has 0 bridgehead atoms. The lowest BCUT2D eigenvalue weighted by molar-refractivity contribution is -0.402. The zero-order chi connectivity index (χ0) is 8.69. The Kier molecular flexibility index (Phi) is 4.58. The van der Waals surface area contributed by atoms with E-state index in [9.17, 15) is 10.1 Å². The highest BCUT2D eigenvalue weighted by Gasteiger charge is 2.04. The van der Waals surface area contributed by atoms with Crippen molar-refractivity contribution >= 4 is 17.5 Å². The van der Waals surface area contributed by atoms with Crippen LogP contribution in [-0.4, -0.2) is 13.3 Å². The summed E-state index contributed by atoms with van der Waals surface area (Å²) in [5, 5.41) is 9.77. The maximum absolute atomic E-state index is 9.77. The van der Waals surface area contributed by atoms with E-state index in [1.54, 1.807) is 0 Å². The second-order valence-corrected chi connectivity index (χ2v) is 1.41. The van der Waals surface area contributed by atoms with Gasteiger partial charge in [0.2, 0.25) is 0 Å². The molecule has 1 rings (SSSR count). The number of hydrogen-bond acceptors (Lipinski definition) is 5. The Balaban J connectivity index is 0.000000292. The summed E-state index contributed by atoms with van der Waals surface area (Å²) < 4.78 is 21.0. The molecule has 0 amide bonds. The van der Waals surface area contributed by atoms with E-state index in [-0.39, 0.29) is 5.88 Å². The number of hydrogen-bond donors (Lipinski definition) is 0. The molecule has 0 aliphatic heterocycles. The van der Waals surface area contributed by atoms with Gasteiger partial charge in [-0.1, -0.05) is 0 Å². The minimum absolute atomic E-state index is 0.218. The smallest absolute Gasteiger partial charge is 0.409 e. The summed E-state index contributed by atoms with van der Waals surface area (Å²) in [7, 11) is 0. The number of nitro groups is 1. The van der Waals surface area contributed by atoms with Crippen LogP contribution in [0.5, 0.6) is 0 Å². The van der Waals surface area contributed by atoms with Crippen LogP contribution in [0, 0.1) is 10.1 Å². The molecule has 1 aromatic rings. The standard InChI is InChI=1S/C4H3NO3.O2S/c6-5(7)4-2-1-3-8-4;1-3-2/h1-3H;. The predicted molar refractivity (Wildman–Crippen MR) is 34.3 cm³/mol. The first-order valence-corrected chi connectivity index (χ1v) is 2.98. The van der Waals surface area contributed by atoms with Gasteiger partial charge in [-0.3, -0.25) is 10.1 Å². The van der Waals surface area contributed by atoms with Crippen molar-refractivity contribution in [3.63, 3.8) is 0 Å². The molecule has 60 valence electrons. The van der Waals surface area contributed by atoms with Gasteiger partial charge in [0.1, 0.15) is 4.92 Å². The summed E-state index contributed by atoms with van der Waals surface area (Å²) in [4.78, 5) is 9.19. The lowest BCUT2D eigenvalue weighted by Crippen LogP contribution is -1.81. The quantitative estimate of drug-likeness (QED) is 0.460. The molecule has 6 nitrogen and oxygen atoms in total. The van der Waals surface area contributed by atoms with Crippen LogP contribution in [0.25, 0.3) is 0 Å². The average molecular weight is 177 g/mol. The Bertz CT molecular complexity index is 249. The van der Waals surface area contributed by atoms with Gasteiger partial charge in [0.05, 0.1) is 12.3 Å². The summed E-state index contributed by atoms with van der Waals surface area (Å²) in [6.07, 6.45) is 1.26. The van der Waals surface area contributed by atoms with Crippen molar-refractivity contribution < 1.29 is 17.8 Å². The summed E-state index contributed by atoms with van der Waals surface area (Å²) in [6.45, 7) is 0. The average Bonchev–Trinajstić information content (AvgIpc) is 2.38. The van der Waals surface area contributed by atoms with Gasteiger partial charge in [-0.25, -0.2) is 0 Å². The zero-order valence-corrected chi connectivity index (χ0v) is 5.95. The van der Waals surface area contributed by atoms with Gasteiger partial charge in [0, 0.05) is 0 Å². The molecule has 0 aliphatic carbocycles. The SMILES string of the molecule is O=S=O.O=[N+]([O-])c1ccco1. The molecular formula is C4H3NO5S. The van der Waals surface area contributed by atoms with Crippen molar-refractivity contribution in [1.29, 1.82) is 0 Å². The molecule has 1 heterocycles. The normalized spacial score (nSPS) is 7.64. The van der Waals surface area contributed by atoms with Gasteiger partial charge in [-0.2, -0.15) is 8.42 Å². The molecule has 11 heavy (non-hydrogen) atoms. The molecule has 0 fully saturated rings. The maximum Gasteiger partial charge on any atom is 0.432 e. The highest BCUT2D eigenvalue weighted by Crippen LogP contribution is 2.08. The molecule has 0 saturated heterocycles. The highest BCUT2D eigenvalue weighted by molar-refractivity contribution is 7.51. The summed E-state index contributed by atoms with van der Waals surface area (Å²) >= 11 is -0.750. The van der Waals surface area contributed by atoms with Crippen LogP contribution in [0.2, 0.25) is 0 Å². The molecule has 0 unspecified atom stereocenters. The fourth-order valence-electron chi connectivity index (χ4n) is 0.374. The van der Waals surface area contributed by atoms with E-state index in [0.717, 1.165) is 0 Å². The van der Waals surface area contributed by atoms with Gasteiger partial charge < -0.3 is 4.42 Å². The molecule has 0 radical (unpaired) electrons. The molecule has 0 spiro atoms. The highest BCUT2D eigenvalue weighted by atomic mass is 32.1. The lowest BCUT2D eigenvalue weighted by atomic mass is 10.6. The summed E-state index contributed by atoms with van der Waals surface area (Å²) in [5.74, 6) is -0.218. The van der Waals surface area contributed by atoms with Gasteiger partial charge in [-0.15, -0.1) is 0 Å². The predicted octanol–water partition coefficient (Wildman–Crippen LogP) is 0.518. The van der Waals surface area contributed by atoms with Crippen molar-refractivity contribution in [3.8, 4) is 0 Å². The van der Waals surface area contributed by atoms with Gasteiger partial charge >= 0.3 is 17.5 Å². The monoisotopic (exact) mass is 177 g/mol. The number of nitrogens with zero attached hydrogens (tertiary/aromatic N) is 1. The first-order chi connectivity index (χ1) is 5.22. The first kappa shape index (κ1) is 9.50. The van der Waals surface area contributed by atoms with Crippen LogP contribution in [0.1, 0.15) is 0 Å². The minimum atomic E-state index is -0.750. The Morgan fingerprint density at radius 2 is 2.09 bits per heavy atom. The Morgan fingerprint density at radius 1 is 1.55 bits per heavy atom.